The van der Waals surface area contributed by atoms with Crippen molar-refractivity contribution in [1.82, 2.24) is 9.80 Å². The van der Waals surface area contributed by atoms with E-state index in [1.807, 2.05) is 66.7 Å². The van der Waals surface area contributed by atoms with Crippen molar-refractivity contribution in [3.05, 3.63) is 83.4 Å². The summed E-state index contributed by atoms with van der Waals surface area (Å²) in [5, 5.41) is 1.96. The first-order valence-electron chi connectivity index (χ1n) is 12.9. The number of nitrogens with zero attached hydrogens (tertiary/aromatic N) is 2. The van der Waals surface area contributed by atoms with Gasteiger partial charge in [-0.3, -0.25) is 14.5 Å². The zero-order valence-electron chi connectivity index (χ0n) is 20.2. The molecule has 182 valence electrons. The van der Waals surface area contributed by atoms with Gasteiger partial charge in [-0.2, -0.15) is 0 Å². The Morgan fingerprint density at radius 1 is 1.03 bits per heavy atom. The van der Waals surface area contributed by atoms with Crippen LogP contribution >= 0.6 is 0 Å². The monoisotopic (exact) mass is 480 g/mol. The number of Topliss-reactive ketones (excluding diaryl/α,β-unsaturated/α-hetero) is 1. The molecule has 7 rings (SSSR count). The molecular formula is C30H28N2O4. The van der Waals surface area contributed by atoms with Gasteiger partial charge < -0.3 is 4.74 Å². The normalized spacial score (nSPS) is 31.0. The van der Waals surface area contributed by atoms with E-state index in [0.29, 0.717) is 12.0 Å². The average molecular weight is 481 g/mol. The van der Waals surface area contributed by atoms with Crippen molar-refractivity contribution in [3.8, 4) is 0 Å². The molecule has 0 aromatic heterocycles. The van der Waals surface area contributed by atoms with Gasteiger partial charge in [-0.1, -0.05) is 73.7 Å². The molecule has 3 fully saturated rings. The van der Waals surface area contributed by atoms with Crippen molar-refractivity contribution >= 4 is 28.6 Å². The summed E-state index contributed by atoms with van der Waals surface area (Å²) in [6.07, 6.45) is 1.88. The Bertz CT molecular complexity index is 1410. The number of ether oxygens (including phenoxy) is 1. The van der Waals surface area contributed by atoms with E-state index in [4.69, 9.17) is 4.74 Å². The Kier molecular flexibility index (Phi) is 4.68. The molecule has 6 nitrogen and oxygen atoms in total. The fourth-order valence-corrected chi connectivity index (χ4v) is 7.65. The Balaban J connectivity index is 1.37. The van der Waals surface area contributed by atoms with Gasteiger partial charge in [0.2, 0.25) is 5.91 Å². The Morgan fingerprint density at radius 2 is 1.81 bits per heavy atom. The number of fused-ring (bicyclic) bond motifs is 3. The molecule has 3 aromatic carbocycles. The number of hydrogen-bond donors (Lipinski definition) is 0. The fourth-order valence-electron chi connectivity index (χ4n) is 7.65. The highest BCUT2D eigenvalue weighted by Gasteiger charge is 2.69. The van der Waals surface area contributed by atoms with Crippen LogP contribution in [0.2, 0.25) is 0 Å². The molecule has 1 aliphatic carbocycles. The van der Waals surface area contributed by atoms with Crippen LogP contribution in [0.1, 0.15) is 41.3 Å². The summed E-state index contributed by atoms with van der Waals surface area (Å²) in [6.45, 7) is 3.03. The summed E-state index contributed by atoms with van der Waals surface area (Å²) in [5.74, 6) is -1.01. The minimum atomic E-state index is -1.08. The van der Waals surface area contributed by atoms with Crippen LogP contribution < -0.4 is 0 Å². The highest BCUT2D eigenvalue weighted by atomic mass is 16.6. The molecule has 3 saturated heterocycles. The molecule has 3 aromatic rings. The summed E-state index contributed by atoms with van der Waals surface area (Å²) >= 11 is 0. The Hall–Kier alpha value is -3.51. The van der Waals surface area contributed by atoms with E-state index in [2.05, 4.69) is 11.8 Å². The quantitative estimate of drug-likeness (QED) is 0.550. The maximum Gasteiger partial charge on any atom is 0.416 e. The van der Waals surface area contributed by atoms with Crippen LogP contribution in [0.15, 0.2) is 66.7 Å². The van der Waals surface area contributed by atoms with Gasteiger partial charge in [0.05, 0.1) is 12.0 Å². The number of rotatable bonds is 3. The Morgan fingerprint density at radius 3 is 2.61 bits per heavy atom. The molecule has 0 N–H and O–H groups in total. The molecule has 3 aliphatic heterocycles. The number of carbonyl (C=O) groups is 3. The van der Waals surface area contributed by atoms with Crippen LogP contribution in [0.4, 0.5) is 4.79 Å². The first-order chi connectivity index (χ1) is 17.5. The lowest BCUT2D eigenvalue weighted by Gasteiger charge is -2.39. The van der Waals surface area contributed by atoms with E-state index in [9.17, 15) is 14.4 Å². The van der Waals surface area contributed by atoms with Gasteiger partial charge >= 0.3 is 6.09 Å². The SMILES string of the molecule is C[C@@H]1[C@H]2CCCN2[C@]2(C(=O)c3cccc4cccc2c34)[C@H]1C(=O)N1C(=O)OC[C@@H]1Cc1ccccc1. The van der Waals surface area contributed by atoms with E-state index in [1.54, 1.807) is 0 Å². The van der Waals surface area contributed by atoms with E-state index in [0.717, 1.165) is 41.3 Å². The zero-order valence-corrected chi connectivity index (χ0v) is 20.2. The number of ketones is 1. The molecule has 1 spiro atoms. The van der Waals surface area contributed by atoms with E-state index >= 15 is 0 Å². The maximum absolute atomic E-state index is 14.5. The van der Waals surface area contributed by atoms with Gasteiger partial charge in [-0.25, -0.2) is 9.69 Å². The number of amides is 2. The summed E-state index contributed by atoms with van der Waals surface area (Å²) in [5.41, 5.74) is 1.57. The number of cyclic esters (lactones) is 1. The number of carbonyl (C=O) groups excluding carboxylic acids is 3. The minimum Gasteiger partial charge on any atom is -0.447 e. The second-order valence-corrected chi connectivity index (χ2v) is 10.7. The largest absolute Gasteiger partial charge is 0.447 e. The van der Waals surface area contributed by atoms with Crippen LogP contribution in [-0.4, -0.2) is 52.8 Å². The molecule has 0 bridgehead atoms. The summed E-state index contributed by atoms with van der Waals surface area (Å²) in [4.78, 5) is 45.6. The predicted octanol–water partition coefficient (Wildman–Crippen LogP) is 4.55. The molecule has 0 saturated carbocycles. The average Bonchev–Trinajstić information content (AvgIpc) is 3.63. The molecular weight excluding hydrogens is 452 g/mol. The highest BCUT2D eigenvalue weighted by molar-refractivity contribution is 6.22. The van der Waals surface area contributed by atoms with Crippen molar-refractivity contribution < 1.29 is 19.1 Å². The zero-order chi connectivity index (χ0) is 24.6. The van der Waals surface area contributed by atoms with Crippen LogP contribution in [0, 0.1) is 11.8 Å². The fraction of sp³-hybridized carbons (Fsp3) is 0.367. The van der Waals surface area contributed by atoms with Gasteiger partial charge in [0, 0.05) is 11.6 Å². The highest BCUT2D eigenvalue weighted by Crippen LogP contribution is 2.59. The topological polar surface area (TPSA) is 66.9 Å². The molecule has 5 atom stereocenters. The van der Waals surface area contributed by atoms with Crippen molar-refractivity contribution in [2.24, 2.45) is 11.8 Å². The molecule has 0 radical (unpaired) electrons. The van der Waals surface area contributed by atoms with Gasteiger partial charge in [0.1, 0.15) is 12.1 Å². The van der Waals surface area contributed by atoms with Crippen molar-refractivity contribution in [2.75, 3.05) is 13.2 Å². The lowest BCUT2D eigenvalue weighted by molar-refractivity contribution is -0.137. The third-order valence-electron chi connectivity index (χ3n) is 9.02. The molecule has 6 heteroatoms. The summed E-state index contributed by atoms with van der Waals surface area (Å²) < 4.78 is 5.43. The smallest absolute Gasteiger partial charge is 0.416 e. The van der Waals surface area contributed by atoms with Gasteiger partial charge in [0.15, 0.2) is 5.78 Å². The summed E-state index contributed by atoms with van der Waals surface area (Å²) in [6, 6.07) is 21.5. The lowest BCUT2D eigenvalue weighted by atomic mass is 9.72. The van der Waals surface area contributed by atoms with Gasteiger partial charge in [-0.05, 0) is 53.6 Å². The van der Waals surface area contributed by atoms with Crippen LogP contribution in [-0.2, 0) is 21.5 Å². The molecule has 0 unspecified atom stereocenters. The second-order valence-electron chi connectivity index (χ2n) is 10.7. The third kappa shape index (κ3) is 2.68. The van der Waals surface area contributed by atoms with E-state index in [1.165, 1.54) is 4.90 Å². The van der Waals surface area contributed by atoms with Crippen LogP contribution in [0.25, 0.3) is 10.8 Å². The number of imide groups is 1. The predicted molar refractivity (Wildman–Crippen MR) is 134 cm³/mol. The lowest BCUT2D eigenvalue weighted by Crippen LogP contribution is -2.56. The van der Waals surface area contributed by atoms with E-state index in [-0.39, 0.29) is 36.3 Å². The Labute approximate surface area is 209 Å². The molecule has 3 heterocycles. The van der Waals surface area contributed by atoms with Crippen LogP contribution in [0.5, 0.6) is 0 Å². The maximum atomic E-state index is 14.5. The summed E-state index contributed by atoms with van der Waals surface area (Å²) in [7, 11) is 0. The minimum absolute atomic E-state index is 0.00364. The second kappa shape index (κ2) is 7.74. The molecule has 4 aliphatic rings. The van der Waals surface area contributed by atoms with Gasteiger partial charge in [0.25, 0.3) is 0 Å². The first kappa shape index (κ1) is 21.7. The molecule has 2 amide bonds. The van der Waals surface area contributed by atoms with Crippen molar-refractivity contribution in [1.29, 1.82) is 0 Å². The third-order valence-corrected chi connectivity index (χ3v) is 9.02. The van der Waals surface area contributed by atoms with Crippen molar-refractivity contribution in [2.45, 2.75) is 43.8 Å². The first-order valence-corrected chi connectivity index (χ1v) is 12.9. The van der Waals surface area contributed by atoms with E-state index < -0.39 is 17.6 Å². The van der Waals surface area contributed by atoms with Crippen LogP contribution in [0.3, 0.4) is 0 Å². The van der Waals surface area contributed by atoms with Crippen molar-refractivity contribution in [3.63, 3.8) is 0 Å². The number of hydrogen-bond acceptors (Lipinski definition) is 5. The standard InChI is InChI=1S/C30H28N2O4/c1-18-24-14-7-15-31(24)30(23-13-6-11-20-10-5-12-22(25(20)23)27(30)33)26(18)28(34)32-21(17-36-29(32)35)16-19-8-3-2-4-9-19/h2-6,8-13,18,21,24,26H,7,14-17H2,1H3/t18-,21+,24-,26-,30+/m1/s1. The molecule has 36 heavy (non-hydrogen) atoms. The van der Waals surface area contributed by atoms with Gasteiger partial charge in [-0.15, -0.1) is 0 Å². The number of benzene rings is 3.